The lowest BCUT2D eigenvalue weighted by molar-refractivity contribution is 1.36. The zero-order chi connectivity index (χ0) is 15.8. The summed E-state index contributed by atoms with van der Waals surface area (Å²) in [7, 11) is 0. The van der Waals surface area contributed by atoms with Crippen molar-refractivity contribution in [1.82, 2.24) is 4.98 Å². The van der Waals surface area contributed by atoms with E-state index in [4.69, 9.17) is 0 Å². The van der Waals surface area contributed by atoms with Gasteiger partial charge in [0.05, 0.1) is 10.4 Å². The Balaban J connectivity index is 1.82. The van der Waals surface area contributed by atoms with Crippen LogP contribution in [-0.4, -0.2) is 4.98 Å². The van der Waals surface area contributed by atoms with Crippen LogP contribution in [0.5, 0.6) is 0 Å². The quantitative estimate of drug-likeness (QED) is 0.426. The van der Waals surface area contributed by atoms with Gasteiger partial charge in [-0.25, -0.2) is 0 Å². The molecule has 0 aliphatic carbocycles. The van der Waals surface area contributed by atoms with Crippen molar-refractivity contribution >= 4 is 21.4 Å². The molecule has 0 bridgehead atoms. The highest BCUT2D eigenvalue weighted by atomic mass is 32.1. The van der Waals surface area contributed by atoms with E-state index >= 15 is 0 Å². The van der Waals surface area contributed by atoms with Crippen LogP contribution in [0, 0.1) is 13.8 Å². The molecule has 2 aromatic carbocycles. The monoisotopic (exact) mass is 315 g/mol. The molecule has 1 nitrogen and oxygen atoms in total. The minimum atomic E-state index is 1.03. The molecule has 0 atom stereocenters. The second-order valence-corrected chi connectivity index (χ2v) is 7.04. The van der Waals surface area contributed by atoms with Gasteiger partial charge >= 0.3 is 0 Å². The summed E-state index contributed by atoms with van der Waals surface area (Å²) in [6, 6.07) is 21.5. The molecule has 0 radical (unpaired) electrons. The number of thiophene rings is 1. The molecule has 0 aliphatic heterocycles. The van der Waals surface area contributed by atoms with Crippen LogP contribution in [-0.2, 0) is 0 Å². The maximum atomic E-state index is 4.63. The van der Waals surface area contributed by atoms with Gasteiger partial charge < -0.3 is 0 Å². The molecule has 0 amide bonds. The second kappa shape index (κ2) is 5.64. The Kier molecular flexibility index (Phi) is 3.47. The number of hydrogen-bond acceptors (Lipinski definition) is 2. The molecule has 2 heteroatoms. The SMILES string of the molecule is Cc1cc(C)cc(-c2cc3cc(-c4ccccc4)ncc3s2)c1. The average molecular weight is 315 g/mol. The molecule has 112 valence electrons. The van der Waals surface area contributed by atoms with Crippen molar-refractivity contribution in [2.75, 3.05) is 0 Å². The molecule has 0 aliphatic rings. The van der Waals surface area contributed by atoms with Gasteiger partial charge in [0, 0.05) is 16.6 Å². The Hall–Kier alpha value is -2.45. The predicted octanol–water partition coefficient (Wildman–Crippen LogP) is 6.25. The van der Waals surface area contributed by atoms with Crippen LogP contribution in [0.3, 0.4) is 0 Å². The Morgan fingerprint density at radius 1 is 0.783 bits per heavy atom. The van der Waals surface area contributed by atoms with Crippen LogP contribution in [0.15, 0.2) is 66.9 Å². The van der Waals surface area contributed by atoms with Crippen LogP contribution < -0.4 is 0 Å². The summed E-state index contributed by atoms with van der Waals surface area (Å²) in [4.78, 5) is 5.93. The number of hydrogen-bond donors (Lipinski definition) is 0. The van der Waals surface area contributed by atoms with Crippen molar-refractivity contribution in [1.29, 1.82) is 0 Å². The summed E-state index contributed by atoms with van der Waals surface area (Å²) in [6.45, 7) is 4.30. The van der Waals surface area contributed by atoms with E-state index in [9.17, 15) is 0 Å². The summed E-state index contributed by atoms with van der Waals surface area (Å²) in [5.41, 5.74) is 6.10. The second-order valence-electron chi connectivity index (χ2n) is 5.96. The van der Waals surface area contributed by atoms with Crippen LogP contribution in [0.4, 0.5) is 0 Å². The molecule has 2 aromatic heterocycles. The number of aryl methyl sites for hydroxylation is 2. The molecule has 4 rings (SSSR count). The van der Waals surface area contributed by atoms with Gasteiger partial charge in [-0.3, -0.25) is 4.98 Å². The predicted molar refractivity (Wildman–Crippen MR) is 100.0 cm³/mol. The largest absolute Gasteiger partial charge is 0.255 e. The Morgan fingerprint density at radius 2 is 1.52 bits per heavy atom. The van der Waals surface area contributed by atoms with Crippen molar-refractivity contribution < 1.29 is 0 Å². The fourth-order valence-corrected chi connectivity index (χ4v) is 3.97. The average Bonchev–Trinajstić information content (AvgIpc) is 2.98. The molecule has 0 N–H and O–H groups in total. The summed E-state index contributed by atoms with van der Waals surface area (Å²) in [5, 5.41) is 1.26. The van der Waals surface area contributed by atoms with Crippen molar-refractivity contribution in [3.63, 3.8) is 0 Å². The lowest BCUT2D eigenvalue weighted by Crippen LogP contribution is -1.81. The molecule has 4 aromatic rings. The minimum Gasteiger partial charge on any atom is -0.255 e. The van der Waals surface area contributed by atoms with E-state index < -0.39 is 0 Å². The first kappa shape index (κ1) is 14.2. The summed E-state index contributed by atoms with van der Waals surface area (Å²) < 4.78 is 1.24. The maximum Gasteiger partial charge on any atom is 0.0709 e. The van der Waals surface area contributed by atoms with E-state index in [-0.39, 0.29) is 0 Å². The molecule has 0 saturated carbocycles. The first-order valence-electron chi connectivity index (χ1n) is 7.73. The van der Waals surface area contributed by atoms with Crippen molar-refractivity contribution in [2.24, 2.45) is 0 Å². The highest BCUT2D eigenvalue weighted by Crippen LogP contribution is 2.35. The van der Waals surface area contributed by atoms with Gasteiger partial charge in [-0.15, -0.1) is 11.3 Å². The fraction of sp³-hybridized carbons (Fsp3) is 0.0952. The molecule has 2 heterocycles. The van der Waals surface area contributed by atoms with Gasteiger partial charge in [-0.1, -0.05) is 59.7 Å². The Bertz CT molecular complexity index is 963. The third-order valence-electron chi connectivity index (χ3n) is 3.98. The van der Waals surface area contributed by atoms with Gasteiger partial charge in [0.15, 0.2) is 0 Å². The maximum absolute atomic E-state index is 4.63. The number of pyridine rings is 1. The molecule has 0 fully saturated rings. The summed E-state index contributed by atoms with van der Waals surface area (Å²) in [6.07, 6.45) is 1.99. The highest BCUT2D eigenvalue weighted by molar-refractivity contribution is 7.22. The number of benzene rings is 2. The van der Waals surface area contributed by atoms with Crippen LogP contribution in [0.2, 0.25) is 0 Å². The lowest BCUT2D eigenvalue weighted by Gasteiger charge is -2.01. The Morgan fingerprint density at radius 3 is 2.26 bits per heavy atom. The van der Waals surface area contributed by atoms with Gasteiger partial charge in [0.25, 0.3) is 0 Å². The van der Waals surface area contributed by atoms with Gasteiger partial charge in [0.1, 0.15) is 0 Å². The fourth-order valence-electron chi connectivity index (χ4n) is 2.97. The highest BCUT2D eigenvalue weighted by Gasteiger charge is 2.08. The normalized spacial score (nSPS) is 11.0. The number of rotatable bonds is 2. The molecule has 0 saturated heterocycles. The van der Waals surface area contributed by atoms with E-state index in [1.807, 2.05) is 23.6 Å². The molecular weight excluding hydrogens is 298 g/mol. The van der Waals surface area contributed by atoms with E-state index in [1.54, 1.807) is 0 Å². The topological polar surface area (TPSA) is 12.9 Å². The van der Waals surface area contributed by atoms with Crippen molar-refractivity contribution in [2.45, 2.75) is 13.8 Å². The molecule has 23 heavy (non-hydrogen) atoms. The van der Waals surface area contributed by atoms with Crippen LogP contribution in [0.25, 0.3) is 31.8 Å². The van der Waals surface area contributed by atoms with Crippen molar-refractivity contribution in [3.8, 4) is 21.7 Å². The lowest BCUT2D eigenvalue weighted by atomic mass is 10.1. The zero-order valence-corrected chi connectivity index (χ0v) is 14.0. The summed E-state index contributed by atoms with van der Waals surface area (Å²) in [5.74, 6) is 0. The van der Waals surface area contributed by atoms with E-state index in [0.717, 1.165) is 11.3 Å². The number of nitrogens with zero attached hydrogens (tertiary/aromatic N) is 1. The third kappa shape index (κ3) is 2.78. The molecule has 0 spiro atoms. The first-order valence-corrected chi connectivity index (χ1v) is 8.54. The smallest absolute Gasteiger partial charge is 0.0709 e. The van der Waals surface area contributed by atoms with Crippen LogP contribution >= 0.6 is 11.3 Å². The Labute approximate surface area is 140 Å². The first-order chi connectivity index (χ1) is 11.2. The number of aromatic nitrogens is 1. The molecular formula is C21H17NS. The van der Waals surface area contributed by atoms with E-state index in [0.29, 0.717) is 0 Å². The third-order valence-corrected chi connectivity index (χ3v) is 5.11. The van der Waals surface area contributed by atoms with Crippen LogP contribution in [0.1, 0.15) is 11.1 Å². The van der Waals surface area contributed by atoms with Gasteiger partial charge in [0.2, 0.25) is 0 Å². The minimum absolute atomic E-state index is 1.03. The zero-order valence-electron chi connectivity index (χ0n) is 13.2. The van der Waals surface area contributed by atoms with E-state index in [2.05, 4.69) is 73.4 Å². The van der Waals surface area contributed by atoms with Gasteiger partial charge in [-0.2, -0.15) is 0 Å². The summed E-state index contributed by atoms with van der Waals surface area (Å²) >= 11 is 1.81. The number of fused-ring (bicyclic) bond motifs is 1. The molecule has 0 unspecified atom stereocenters. The van der Waals surface area contributed by atoms with Gasteiger partial charge in [-0.05, 0) is 36.9 Å². The standard InChI is InChI=1S/C21H17NS/c1-14-8-15(2)10-17(9-14)20-12-18-11-19(22-13-21(18)23-20)16-6-4-3-5-7-16/h3-13H,1-2H3. The van der Waals surface area contributed by atoms with E-state index in [1.165, 1.54) is 31.7 Å². The van der Waals surface area contributed by atoms with Crippen molar-refractivity contribution in [3.05, 3.63) is 78.0 Å².